The van der Waals surface area contributed by atoms with Gasteiger partial charge in [0.25, 0.3) is 6.29 Å². The third-order valence-electron chi connectivity index (χ3n) is 3.72. The van der Waals surface area contributed by atoms with E-state index in [0.29, 0.717) is 21.1 Å². The molecule has 2 aromatic rings. The van der Waals surface area contributed by atoms with Crippen LogP contribution in [0.1, 0.15) is 0 Å². The summed E-state index contributed by atoms with van der Waals surface area (Å²) < 4.78 is 17.1. The van der Waals surface area contributed by atoms with Gasteiger partial charge in [-0.25, -0.2) is 4.98 Å². The Morgan fingerprint density at radius 1 is 1.38 bits per heavy atom. The van der Waals surface area contributed by atoms with Crippen molar-refractivity contribution in [3.63, 3.8) is 0 Å². The first-order valence-corrected chi connectivity index (χ1v) is 10.2. The molecule has 2 N–H and O–H groups in total. The average Bonchev–Trinajstić information content (AvgIpc) is 3.03. The van der Waals surface area contributed by atoms with E-state index < -0.39 is 31.3 Å². The summed E-state index contributed by atoms with van der Waals surface area (Å²) >= 11 is 16.8. The Bertz CT molecular complexity index is 850. The second-order valence-electron chi connectivity index (χ2n) is 5.30. The summed E-state index contributed by atoms with van der Waals surface area (Å²) in [5, 5.41) is 11.0. The molecule has 2 aliphatic rings. The van der Waals surface area contributed by atoms with Gasteiger partial charge >= 0.3 is 6.72 Å². The summed E-state index contributed by atoms with van der Waals surface area (Å²) in [4.78, 5) is 19.5. The van der Waals surface area contributed by atoms with Gasteiger partial charge in [0.2, 0.25) is 0 Å². The van der Waals surface area contributed by atoms with Gasteiger partial charge in [-0.3, -0.25) is 4.52 Å². The topological polar surface area (TPSA) is 95.2 Å². The van der Waals surface area contributed by atoms with Gasteiger partial charge < -0.3 is 24.1 Å². The van der Waals surface area contributed by atoms with Gasteiger partial charge in [-0.15, -0.1) is 0 Å². The molecular formula is C12H11Cl2N2O6PS. The molecule has 8 nitrogen and oxygen atoms in total. The van der Waals surface area contributed by atoms with Crippen LogP contribution in [0.4, 0.5) is 0 Å². The number of aliphatic hydroxyl groups excluding tert-OH is 1. The number of nitrogens with zero attached hydrogens (tertiary/aromatic N) is 2. The van der Waals surface area contributed by atoms with Crippen molar-refractivity contribution in [2.45, 2.75) is 24.6 Å². The molecule has 1 aromatic carbocycles. The molecule has 0 saturated carbocycles. The zero-order chi connectivity index (χ0) is 17.1. The van der Waals surface area contributed by atoms with Gasteiger partial charge in [-0.05, 0) is 23.9 Å². The minimum Gasteiger partial charge on any atom is -0.384 e. The van der Waals surface area contributed by atoms with E-state index in [9.17, 15) is 10.00 Å². The second-order valence-corrected chi connectivity index (χ2v) is 8.90. The Morgan fingerprint density at radius 3 is 2.92 bits per heavy atom. The number of ether oxygens (including phenoxy) is 1. The van der Waals surface area contributed by atoms with Crippen LogP contribution in [0.25, 0.3) is 11.0 Å². The fraction of sp³-hybridized carbons (Fsp3) is 0.417. The lowest BCUT2D eigenvalue weighted by Crippen LogP contribution is -2.41. The Morgan fingerprint density at radius 2 is 2.12 bits per heavy atom. The highest BCUT2D eigenvalue weighted by molar-refractivity contribution is 8.07. The lowest BCUT2D eigenvalue weighted by Gasteiger charge is -2.30. The summed E-state index contributed by atoms with van der Waals surface area (Å²) in [5.74, 6) is 0. The highest BCUT2D eigenvalue weighted by atomic mass is 35.5. The highest BCUT2D eigenvalue weighted by Crippen LogP contribution is 2.51. The Hall–Kier alpha value is -0.480. The molecule has 130 valence electrons. The number of hydrogen-bond donors (Lipinski definition) is 2. The summed E-state index contributed by atoms with van der Waals surface area (Å²) in [5.41, 5.74) is 1.12. The van der Waals surface area contributed by atoms with Crippen LogP contribution in [-0.4, -0.2) is 50.9 Å². The van der Waals surface area contributed by atoms with E-state index in [2.05, 4.69) is 4.98 Å². The first-order valence-electron chi connectivity index (χ1n) is 6.82. The van der Waals surface area contributed by atoms with Crippen molar-refractivity contribution in [3.05, 3.63) is 28.5 Å². The fourth-order valence-electron chi connectivity index (χ4n) is 2.59. The molecule has 12 heteroatoms. The fourth-order valence-corrected chi connectivity index (χ4v) is 4.35. The third-order valence-corrected chi connectivity index (χ3v) is 6.00. The molecule has 0 radical (unpaired) electrons. The molecule has 2 fully saturated rings. The molecule has 0 spiro atoms. The zero-order valence-electron chi connectivity index (χ0n) is 11.8. The molecule has 1 aromatic heterocycles. The molecule has 2 aliphatic heterocycles. The van der Waals surface area contributed by atoms with Crippen LogP contribution < -0.4 is 4.84 Å². The molecule has 3 heterocycles. The summed E-state index contributed by atoms with van der Waals surface area (Å²) in [6.45, 7) is -3.34. The maximum Gasteiger partial charge on any atom is 0.325 e. The van der Waals surface area contributed by atoms with Crippen molar-refractivity contribution in [3.8, 4) is 0 Å². The van der Waals surface area contributed by atoms with Crippen LogP contribution in [-0.2, 0) is 25.6 Å². The molecule has 0 aliphatic carbocycles. The quantitative estimate of drug-likeness (QED) is 0.716. The van der Waals surface area contributed by atoms with Crippen molar-refractivity contribution in [2.75, 3.05) is 6.61 Å². The molecule has 2 saturated heterocycles. The zero-order valence-corrected chi connectivity index (χ0v) is 15.0. The van der Waals surface area contributed by atoms with Gasteiger partial charge in [-0.2, -0.15) is 4.73 Å². The van der Waals surface area contributed by atoms with Gasteiger partial charge in [0.1, 0.15) is 30.2 Å². The van der Waals surface area contributed by atoms with Crippen LogP contribution in [0.2, 0.25) is 10.0 Å². The molecular weight excluding hydrogens is 402 g/mol. The number of hydrogen-bond acceptors (Lipinski definition) is 7. The van der Waals surface area contributed by atoms with E-state index in [4.69, 9.17) is 53.6 Å². The summed E-state index contributed by atoms with van der Waals surface area (Å²) in [7, 11) is 0. The number of imidazole rings is 1. The third kappa shape index (κ3) is 2.94. The highest BCUT2D eigenvalue weighted by Gasteiger charge is 2.51. The molecule has 0 amide bonds. The van der Waals surface area contributed by atoms with Gasteiger partial charge in [0.15, 0.2) is 0 Å². The smallest absolute Gasteiger partial charge is 0.325 e. The number of rotatable bonds is 2. The van der Waals surface area contributed by atoms with Crippen LogP contribution in [0.15, 0.2) is 18.5 Å². The van der Waals surface area contributed by atoms with E-state index in [0.717, 1.165) is 0 Å². The monoisotopic (exact) mass is 412 g/mol. The predicted octanol–water partition coefficient (Wildman–Crippen LogP) is 1.49. The number of aliphatic hydroxyl groups is 1. The van der Waals surface area contributed by atoms with Crippen LogP contribution in [0.5, 0.6) is 0 Å². The van der Waals surface area contributed by atoms with Crippen molar-refractivity contribution < 1.29 is 28.6 Å². The minimum absolute atomic E-state index is 0.0154. The number of halogens is 2. The molecule has 4 rings (SSSR count). The largest absolute Gasteiger partial charge is 0.384 e. The molecule has 0 bridgehead atoms. The number of benzene rings is 1. The van der Waals surface area contributed by atoms with Crippen LogP contribution in [0.3, 0.4) is 0 Å². The van der Waals surface area contributed by atoms with E-state index in [1.165, 1.54) is 11.1 Å². The second kappa shape index (κ2) is 6.05. The standard InChI is InChI=1S/C12H11Cl2N2O6PS/c13-5-1-7-8(2-6(5)14)16(4-15-7)21-12-10(17)11-9(20-12)3-19-23(18,24)22-11/h1-2,4,9-12,17H,3H2,(H,18,24)/t9-,10-,11-,12+,23?/m1/s1. The van der Waals surface area contributed by atoms with Crippen molar-refractivity contribution >= 4 is 52.8 Å². The lowest BCUT2D eigenvalue weighted by molar-refractivity contribution is -0.167. The Balaban J connectivity index is 1.58. The Labute approximate surface area is 151 Å². The Kier molecular flexibility index (Phi) is 4.28. The predicted molar refractivity (Wildman–Crippen MR) is 88.3 cm³/mol. The van der Waals surface area contributed by atoms with Gasteiger partial charge in [0, 0.05) is 0 Å². The maximum atomic E-state index is 10.3. The normalized spacial score (nSPS) is 36.0. The minimum atomic E-state index is -3.36. The maximum absolute atomic E-state index is 10.3. The van der Waals surface area contributed by atoms with Crippen molar-refractivity contribution in [1.29, 1.82) is 0 Å². The molecule has 24 heavy (non-hydrogen) atoms. The first-order chi connectivity index (χ1) is 11.3. The number of aromatic nitrogens is 2. The van der Waals surface area contributed by atoms with E-state index in [-0.39, 0.29) is 6.61 Å². The summed E-state index contributed by atoms with van der Waals surface area (Å²) in [6, 6.07) is 3.19. The van der Waals surface area contributed by atoms with Crippen molar-refractivity contribution in [1.82, 2.24) is 9.71 Å². The van der Waals surface area contributed by atoms with E-state index >= 15 is 0 Å². The van der Waals surface area contributed by atoms with Crippen LogP contribution in [0, 0.1) is 0 Å². The average molecular weight is 413 g/mol. The van der Waals surface area contributed by atoms with E-state index in [1.807, 2.05) is 0 Å². The van der Waals surface area contributed by atoms with Gasteiger partial charge in [0.05, 0.1) is 22.2 Å². The lowest BCUT2D eigenvalue weighted by atomic mass is 10.1. The van der Waals surface area contributed by atoms with Crippen LogP contribution >= 0.6 is 29.9 Å². The van der Waals surface area contributed by atoms with Crippen molar-refractivity contribution in [2.24, 2.45) is 0 Å². The number of fused-ring (bicyclic) bond motifs is 2. The summed E-state index contributed by atoms with van der Waals surface area (Å²) in [6.07, 6.45) is -2.23. The SMILES string of the molecule is O[C@H]1[C@H](On2cnc3cc(Cl)c(Cl)cc32)O[C@@H]2COP(O)(=S)O[C@@H]12. The molecule has 1 unspecified atom stereocenters. The first kappa shape index (κ1) is 17.0. The van der Waals surface area contributed by atoms with Gasteiger partial charge in [-0.1, -0.05) is 23.2 Å². The van der Waals surface area contributed by atoms with E-state index in [1.54, 1.807) is 12.1 Å². The molecule has 5 atom stereocenters.